The number of aliphatic hydroxyl groups is 1. The molecular formula is C23H42O3. The lowest BCUT2D eigenvalue weighted by Crippen LogP contribution is -2.24. The molecule has 3 heteroatoms. The zero-order valence-electron chi connectivity index (χ0n) is 17.3. The maximum atomic E-state index is 11.6. The lowest BCUT2D eigenvalue weighted by atomic mass is 9.95. The number of carbonyl (C=O) groups excluding carboxylic acids is 1. The Labute approximate surface area is 161 Å². The summed E-state index contributed by atoms with van der Waals surface area (Å²) in [6, 6.07) is 0. The monoisotopic (exact) mass is 366 g/mol. The fourth-order valence-electron chi connectivity index (χ4n) is 3.71. The highest BCUT2D eigenvalue weighted by molar-refractivity contribution is 5.75. The van der Waals surface area contributed by atoms with Gasteiger partial charge in [0.25, 0.3) is 0 Å². The second kappa shape index (κ2) is 15.2. The molecule has 1 rings (SSSR count). The summed E-state index contributed by atoms with van der Waals surface area (Å²) in [6.07, 6.45) is 22.6. The first-order valence-electron chi connectivity index (χ1n) is 11.2. The van der Waals surface area contributed by atoms with Crippen LogP contribution in [0.1, 0.15) is 110 Å². The standard InChI is InChI=1S/C23H42O3/c1-3-4-5-6-7-8-9-10-11-12-13-14-15-16-17-18-19-21-22(24)20(2)26-23(21)25/h10-11,20-22,24H,3-9,12-19H2,1-2H3/b11-10-/t20-,21-,22+/m0/s1. The van der Waals surface area contributed by atoms with Gasteiger partial charge in [0.1, 0.15) is 12.2 Å². The Morgan fingerprint density at radius 1 is 0.846 bits per heavy atom. The van der Waals surface area contributed by atoms with Crippen molar-refractivity contribution in [3.63, 3.8) is 0 Å². The van der Waals surface area contributed by atoms with Crippen molar-refractivity contribution in [1.29, 1.82) is 0 Å². The molecule has 1 aliphatic rings. The molecule has 0 radical (unpaired) electrons. The van der Waals surface area contributed by atoms with Crippen LogP contribution in [0.3, 0.4) is 0 Å². The Bertz CT molecular complexity index is 378. The summed E-state index contributed by atoms with van der Waals surface area (Å²) in [4.78, 5) is 11.6. The highest BCUT2D eigenvalue weighted by Gasteiger charge is 2.40. The first kappa shape index (κ1) is 23.2. The summed E-state index contributed by atoms with van der Waals surface area (Å²) in [7, 11) is 0. The smallest absolute Gasteiger partial charge is 0.312 e. The molecule has 1 aliphatic heterocycles. The van der Waals surface area contributed by atoms with Gasteiger partial charge in [0.2, 0.25) is 0 Å². The average Bonchev–Trinajstić information content (AvgIpc) is 2.87. The maximum absolute atomic E-state index is 11.6. The molecule has 3 atom stereocenters. The third kappa shape index (κ3) is 10.4. The number of allylic oxidation sites excluding steroid dienone is 2. The van der Waals surface area contributed by atoms with Gasteiger partial charge in [0, 0.05) is 0 Å². The van der Waals surface area contributed by atoms with Gasteiger partial charge in [-0.1, -0.05) is 83.3 Å². The lowest BCUT2D eigenvalue weighted by Gasteiger charge is -2.11. The molecule has 0 aromatic rings. The number of hydrogen-bond donors (Lipinski definition) is 1. The van der Waals surface area contributed by atoms with E-state index >= 15 is 0 Å². The predicted molar refractivity (Wildman–Crippen MR) is 109 cm³/mol. The normalized spacial score (nSPS) is 23.0. The van der Waals surface area contributed by atoms with Crippen LogP contribution in [0.25, 0.3) is 0 Å². The van der Waals surface area contributed by atoms with E-state index in [2.05, 4.69) is 19.1 Å². The summed E-state index contributed by atoms with van der Waals surface area (Å²) in [5.74, 6) is -0.500. The van der Waals surface area contributed by atoms with Crippen LogP contribution in [-0.4, -0.2) is 23.3 Å². The summed E-state index contributed by atoms with van der Waals surface area (Å²) >= 11 is 0. The Balaban J connectivity index is 1.82. The van der Waals surface area contributed by atoms with Crippen molar-refractivity contribution in [3.05, 3.63) is 12.2 Å². The molecule has 1 fully saturated rings. The van der Waals surface area contributed by atoms with Gasteiger partial charge in [0.15, 0.2) is 0 Å². The molecule has 0 spiro atoms. The van der Waals surface area contributed by atoms with E-state index in [9.17, 15) is 9.90 Å². The number of esters is 1. The number of hydrogen-bond acceptors (Lipinski definition) is 3. The molecule has 0 aromatic carbocycles. The number of aliphatic hydroxyl groups excluding tert-OH is 1. The molecule has 0 saturated carbocycles. The second-order valence-electron chi connectivity index (χ2n) is 7.97. The van der Waals surface area contributed by atoms with E-state index in [0.717, 1.165) is 19.3 Å². The fraction of sp³-hybridized carbons (Fsp3) is 0.870. The van der Waals surface area contributed by atoms with Crippen molar-refractivity contribution in [2.45, 2.75) is 122 Å². The van der Waals surface area contributed by atoms with Crippen LogP contribution >= 0.6 is 0 Å². The second-order valence-corrected chi connectivity index (χ2v) is 7.97. The third-order valence-corrected chi connectivity index (χ3v) is 5.52. The molecule has 152 valence electrons. The Hall–Kier alpha value is -0.830. The molecule has 1 saturated heterocycles. The van der Waals surface area contributed by atoms with Crippen LogP contribution in [-0.2, 0) is 9.53 Å². The highest BCUT2D eigenvalue weighted by Crippen LogP contribution is 2.26. The van der Waals surface area contributed by atoms with E-state index in [1.807, 2.05) is 0 Å². The number of carbonyl (C=O) groups is 1. The molecule has 0 bridgehead atoms. The average molecular weight is 367 g/mol. The van der Waals surface area contributed by atoms with Gasteiger partial charge in [-0.25, -0.2) is 0 Å². The van der Waals surface area contributed by atoms with Crippen LogP contribution in [0.2, 0.25) is 0 Å². The van der Waals surface area contributed by atoms with Crippen molar-refractivity contribution in [2.75, 3.05) is 0 Å². The Kier molecular flexibility index (Phi) is 13.6. The minimum absolute atomic E-state index is 0.210. The summed E-state index contributed by atoms with van der Waals surface area (Å²) in [6.45, 7) is 4.03. The van der Waals surface area contributed by atoms with Gasteiger partial charge in [-0.05, 0) is 39.0 Å². The lowest BCUT2D eigenvalue weighted by molar-refractivity contribution is -0.143. The quantitative estimate of drug-likeness (QED) is 0.197. The van der Waals surface area contributed by atoms with Crippen LogP contribution < -0.4 is 0 Å². The summed E-state index contributed by atoms with van der Waals surface area (Å²) in [5.41, 5.74) is 0. The minimum Gasteiger partial charge on any atom is -0.460 e. The van der Waals surface area contributed by atoms with Crippen molar-refractivity contribution in [2.24, 2.45) is 5.92 Å². The van der Waals surface area contributed by atoms with Gasteiger partial charge in [-0.3, -0.25) is 4.79 Å². The van der Waals surface area contributed by atoms with Crippen LogP contribution in [0, 0.1) is 5.92 Å². The van der Waals surface area contributed by atoms with E-state index in [0.29, 0.717) is 0 Å². The molecule has 0 aliphatic carbocycles. The molecule has 0 amide bonds. The van der Waals surface area contributed by atoms with Gasteiger partial charge in [-0.15, -0.1) is 0 Å². The summed E-state index contributed by atoms with van der Waals surface area (Å²) in [5, 5.41) is 9.90. The number of ether oxygens (including phenoxy) is 1. The Morgan fingerprint density at radius 3 is 1.85 bits per heavy atom. The first-order valence-corrected chi connectivity index (χ1v) is 11.2. The van der Waals surface area contributed by atoms with Gasteiger partial charge in [-0.2, -0.15) is 0 Å². The van der Waals surface area contributed by atoms with Gasteiger partial charge in [0.05, 0.1) is 5.92 Å². The minimum atomic E-state index is -0.606. The summed E-state index contributed by atoms with van der Waals surface area (Å²) < 4.78 is 5.07. The SMILES string of the molecule is CCCCCCCC/C=C\CCCCCCCC[C@@H]1C(=O)O[C@@H](C)[C@H]1O. The largest absolute Gasteiger partial charge is 0.460 e. The van der Waals surface area contributed by atoms with Crippen molar-refractivity contribution in [1.82, 2.24) is 0 Å². The van der Waals surface area contributed by atoms with Crippen molar-refractivity contribution < 1.29 is 14.6 Å². The fourth-order valence-corrected chi connectivity index (χ4v) is 3.71. The highest BCUT2D eigenvalue weighted by atomic mass is 16.6. The van der Waals surface area contributed by atoms with E-state index in [4.69, 9.17) is 4.74 Å². The van der Waals surface area contributed by atoms with E-state index in [1.165, 1.54) is 77.0 Å². The zero-order valence-corrected chi connectivity index (χ0v) is 17.3. The van der Waals surface area contributed by atoms with Crippen molar-refractivity contribution in [3.8, 4) is 0 Å². The van der Waals surface area contributed by atoms with Crippen LogP contribution in [0.5, 0.6) is 0 Å². The molecule has 0 unspecified atom stereocenters. The maximum Gasteiger partial charge on any atom is 0.312 e. The molecule has 26 heavy (non-hydrogen) atoms. The zero-order chi connectivity index (χ0) is 19.0. The molecule has 0 aromatic heterocycles. The third-order valence-electron chi connectivity index (χ3n) is 5.52. The van der Waals surface area contributed by atoms with Crippen LogP contribution in [0.15, 0.2) is 12.2 Å². The van der Waals surface area contributed by atoms with E-state index in [-0.39, 0.29) is 18.0 Å². The van der Waals surface area contributed by atoms with Crippen LogP contribution in [0.4, 0.5) is 0 Å². The first-order chi connectivity index (χ1) is 12.7. The Morgan fingerprint density at radius 2 is 1.35 bits per heavy atom. The predicted octanol–water partition coefficient (Wildman–Crippen LogP) is 6.34. The van der Waals surface area contributed by atoms with Gasteiger partial charge >= 0.3 is 5.97 Å². The van der Waals surface area contributed by atoms with E-state index < -0.39 is 6.10 Å². The number of rotatable bonds is 16. The van der Waals surface area contributed by atoms with E-state index in [1.54, 1.807) is 6.92 Å². The molecule has 3 nitrogen and oxygen atoms in total. The topological polar surface area (TPSA) is 46.5 Å². The van der Waals surface area contributed by atoms with Crippen molar-refractivity contribution >= 4 is 5.97 Å². The molecular weight excluding hydrogens is 324 g/mol. The molecule has 1 heterocycles. The van der Waals surface area contributed by atoms with Gasteiger partial charge < -0.3 is 9.84 Å². The molecule has 1 N–H and O–H groups in total. The number of cyclic esters (lactones) is 1. The number of unbranched alkanes of at least 4 members (excludes halogenated alkanes) is 12.